The minimum absolute atomic E-state index is 0.0929. The van der Waals surface area contributed by atoms with Gasteiger partial charge in [-0.15, -0.1) is 0 Å². The van der Waals surface area contributed by atoms with Crippen molar-refractivity contribution in [1.29, 1.82) is 0 Å². The van der Waals surface area contributed by atoms with E-state index in [2.05, 4.69) is 5.32 Å². The topological polar surface area (TPSA) is 66.4 Å². The normalized spacial score (nSPS) is 10.5. The minimum atomic E-state index is -0.966. The average Bonchev–Trinajstić information content (AvgIpc) is 2.48. The van der Waals surface area contributed by atoms with Crippen molar-refractivity contribution < 1.29 is 14.7 Å². The molecular weight excluding hydrogens is 266 g/mol. The summed E-state index contributed by atoms with van der Waals surface area (Å²) in [5, 5.41) is 11.7. The molecule has 0 radical (unpaired) electrons. The fourth-order valence-electron chi connectivity index (χ4n) is 1.74. The Labute approximate surface area is 122 Å². The number of allylic oxidation sites excluding steroid dienone is 1. The molecule has 0 heterocycles. The van der Waals surface area contributed by atoms with Crippen molar-refractivity contribution in [3.8, 4) is 0 Å². The third-order valence-corrected chi connectivity index (χ3v) is 2.95. The Morgan fingerprint density at radius 3 is 2.10 bits per heavy atom. The van der Waals surface area contributed by atoms with E-state index >= 15 is 0 Å². The van der Waals surface area contributed by atoms with Gasteiger partial charge in [-0.05, 0) is 31.2 Å². The number of carboxylic acids is 1. The van der Waals surface area contributed by atoms with Gasteiger partial charge in [-0.1, -0.05) is 29.8 Å². The summed E-state index contributed by atoms with van der Waals surface area (Å²) >= 11 is 0. The van der Waals surface area contributed by atoms with Crippen LogP contribution >= 0.6 is 0 Å². The van der Waals surface area contributed by atoms with Gasteiger partial charge in [-0.2, -0.15) is 0 Å². The predicted octanol–water partition coefficient (Wildman–Crippen LogP) is 3.50. The van der Waals surface area contributed by atoms with E-state index in [0.29, 0.717) is 11.3 Å². The molecular formula is C17H15NO3. The summed E-state index contributed by atoms with van der Waals surface area (Å²) in [5.41, 5.74) is 2.67. The predicted molar refractivity (Wildman–Crippen MR) is 81.7 cm³/mol. The lowest BCUT2D eigenvalue weighted by Gasteiger charge is -2.01. The fourth-order valence-corrected chi connectivity index (χ4v) is 1.74. The van der Waals surface area contributed by atoms with E-state index in [1.807, 2.05) is 19.1 Å². The number of carbonyl (C=O) groups is 2. The first kappa shape index (κ1) is 14.5. The van der Waals surface area contributed by atoms with Crippen LogP contribution in [0.5, 0.6) is 0 Å². The van der Waals surface area contributed by atoms with Gasteiger partial charge in [0.05, 0.1) is 5.56 Å². The van der Waals surface area contributed by atoms with E-state index < -0.39 is 5.97 Å². The largest absolute Gasteiger partial charge is 0.478 e. The summed E-state index contributed by atoms with van der Waals surface area (Å²) in [6.45, 7) is 1.96. The number of benzene rings is 2. The summed E-state index contributed by atoms with van der Waals surface area (Å²) in [6.07, 6.45) is 2.98. The van der Waals surface area contributed by atoms with Crippen LogP contribution in [-0.4, -0.2) is 16.9 Å². The van der Waals surface area contributed by atoms with Gasteiger partial charge in [-0.25, -0.2) is 4.79 Å². The Morgan fingerprint density at radius 2 is 1.52 bits per heavy atom. The third kappa shape index (κ3) is 4.04. The molecule has 0 saturated heterocycles. The molecule has 0 aliphatic rings. The van der Waals surface area contributed by atoms with Crippen molar-refractivity contribution in [3.63, 3.8) is 0 Å². The zero-order valence-corrected chi connectivity index (χ0v) is 11.5. The number of hydrogen-bond acceptors (Lipinski definition) is 3. The molecule has 0 fully saturated rings. The number of rotatable bonds is 5. The van der Waals surface area contributed by atoms with E-state index in [0.717, 1.165) is 5.56 Å². The Bertz CT molecular complexity index is 670. The molecule has 0 saturated carbocycles. The first-order valence-electron chi connectivity index (χ1n) is 6.44. The zero-order chi connectivity index (χ0) is 15.2. The van der Waals surface area contributed by atoms with E-state index in [4.69, 9.17) is 5.11 Å². The lowest BCUT2D eigenvalue weighted by molar-refractivity contribution is 0.0696. The zero-order valence-electron chi connectivity index (χ0n) is 11.5. The molecule has 2 aromatic carbocycles. The van der Waals surface area contributed by atoms with Gasteiger partial charge in [0.2, 0.25) is 0 Å². The van der Waals surface area contributed by atoms with Crippen LogP contribution in [0.25, 0.3) is 0 Å². The highest BCUT2D eigenvalue weighted by Crippen LogP contribution is 2.10. The van der Waals surface area contributed by atoms with Crippen molar-refractivity contribution in [2.24, 2.45) is 0 Å². The highest BCUT2D eigenvalue weighted by Gasteiger charge is 2.02. The van der Waals surface area contributed by atoms with E-state index in [9.17, 15) is 9.59 Å². The molecule has 0 aliphatic heterocycles. The summed E-state index contributed by atoms with van der Waals surface area (Å²) < 4.78 is 0. The van der Waals surface area contributed by atoms with Gasteiger partial charge in [0.15, 0.2) is 5.78 Å². The van der Waals surface area contributed by atoms with Crippen LogP contribution < -0.4 is 5.32 Å². The maximum Gasteiger partial charge on any atom is 0.335 e. The number of carboxylic acid groups (broad SMARTS) is 1. The molecule has 0 spiro atoms. The van der Waals surface area contributed by atoms with Crippen molar-refractivity contribution in [3.05, 3.63) is 77.5 Å². The molecule has 0 aromatic heterocycles. The van der Waals surface area contributed by atoms with Crippen LogP contribution in [0.2, 0.25) is 0 Å². The smallest absolute Gasteiger partial charge is 0.335 e. The highest BCUT2D eigenvalue weighted by molar-refractivity contribution is 6.04. The van der Waals surface area contributed by atoms with Crippen molar-refractivity contribution in [1.82, 2.24) is 0 Å². The number of anilines is 1. The number of nitrogens with one attached hydrogen (secondary N) is 1. The molecule has 0 amide bonds. The van der Waals surface area contributed by atoms with Crippen molar-refractivity contribution in [2.45, 2.75) is 6.92 Å². The maximum atomic E-state index is 11.9. The van der Waals surface area contributed by atoms with Crippen molar-refractivity contribution in [2.75, 3.05) is 5.32 Å². The summed E-state index contributed by atoms with van der Waals surface area (Å²) in [4.78, 5) is 22.6. The van der Waals surface area contributed by atoms with Crippen LogP contribution in [0.1, 0.15) is 26.3 Å². The number of hydrogen-bond donors (Lipinski definition) is 2. The van der Waals surface area contributed by atoms with Gasteiger partial charge >= 0.3 is 5.97 Å². The molecule has 0 bridgehead atoms. The van der Waals surface area contributed by atoms with Gasteiger partial charge in [0.25, 0.3) is 0 Å². The van der Waals surface area contributed by atoms with Crippen LogP contribution in [0, 0.1) is 6.92 Å². The summed E-state index contributed by atoms with van der Waals surface area (Å²) in [6, 6.07) is 13.6. The third-order valence-electron chi connectivity index (χ3n) is 2.95. The lowest BCUT2D eigenvalue weighted by atomic mass is 10.1. The molecule has 2 aromatic rings. The van der Waals surface area contributed by atoms with Gasteiger partial charge < -0.3 is 10.4 Å². The quantitative estimate of drug-likeness (QED) is 0.650. The molecule has 4 heteroatoms. The number of carbonyl (C=O) groups excluding carboxylic acids is 1. The first-order valence-corrected chi connectivity index (χ1v) is 6.44. The molecule has 106 valence electrons. The van der Waals surface area contributed by atoms with Gasteiger partial charge in [0.1, 0.15) is 0 Å². The van der Waals surface area contributed by atoms with Crippen LogP contribution in [0.4, 0.5) is 5.69 Å². The molecule has 2 N–H and O–H groups in total. The van der Waals surface area contributed by atoms with Crippen LogP contribution in [0.3, 0.4) is 0 Å². The minimum Gasteiger partial charge on any atom is -0.478 e. The van der Waals surface area contributed by atoms with E-state index in [1.54, 1.807) is 24.3 Å². The monoisotopic (exact) mass is 281 g/mol. The van der Waals surface area contributed by atoms with Crippen LogP contribution in [0.15, 0.2) is 60.8 Å². The number of aryl methyl sites for hydroxylation is 1. The Hall–Kier alpha value is -2.88. The fraction of sp³-hybridized carbons (Fsp3) is 0.0588. The molecule has 4 nitrogen and oxygen atoms in total. The molecule has 2 rings (SSSR count). The van der Waals surface area contributed by atoms with Crippen LogP contribution in [-0.2, 0) is 0 Å². The average molecular weight is 281 g/mol. The van der Waals surface area contributed by atoms with Gasteiger partial charge in [0, 0.05) is 23.5 Å². The second-order valence-electron chi connectivity index (χ2n) is 4.59. The lowest BCUT2D eigenvalue weighted by Crippen LogP contribution is -1.97. The summed E-state index contributed by atoms with van der Waals surface area (Å²) in [5.74, 6) is -1.06. The molecule has 0 atom stereocenters. The second kappa shape index (κ2) is 6.52. The van der Waals surface area contributed by atoms with E-state index in [-0.39, 0.29) is 11.3 Å². The Morgan fingerprint density at radius 1 is 0.952 bits per heavy atom. The highest BCUT2D eigenvalue weighted by atomic mass is 16.4. The Kier molecular flexibility index (Phi) is 4.51. The standard InChI is InChI=1S/C17H15NO3/c1-12-2-4-13(5-3-12)16(19)10-11-18-15-8-6-14(7-9-15)17(20)21/h2-11,18H,1H3,(H,20,21). The van der Waals surface area contributed by atoms with E-state index in [1.165, 1.54) is 24.4 Å². The molecule has 0 aliphatic carbocycles. The number of ketones is 1. The number of aromatic carboxylic acids is 1. The van der Waals surface area contributed by atoms with Gasteiger partial charge in [-0.3, -0.25) is 4.79 Å². The summed E-state index contributed by atoms with van der Waals surface area (Å²) in [7, 11) is 0. The SMILES string of the molecule is Cc1ccc(C(=O)C=CNc2ccc(C(=O)O)cc2)cc1. The molecule has 21 heavy (non-hydrogen) atoms. The second-order valence-corrected chi connectivity index (χ2v) is 4.59. The first-order chi connectivity index (χ1) is 10.1. The molecule has 0 unspecified atom stereocenters. The van der Waals surface area contributed by atoms with Crippen molar-refractivity contribution >= 4 is 17.4 Å². The Balaban J connectivity index is 1.97. The maximum absolute atomic E-state index is 11.9.